The van der Waals surface area contributed by atoms with Crippen LogP contribution in [0.3, 0.4) is 0 Å². The molecule has 1 atom stereocenters. The third-order valence-electron chi connectivity index (χ3n) is 3.99. The summed E-state index contributed by atoms with van der Waals surface area (Å²) in [4.78, 5) is 18.6. The summed E-state index contributed by atoms with van der Waals surface area (Å²) in [5.74, 6) is 1.63. The predicted molar refractivity (Wildman–Crippen MR) is 80.2 cm³/mol. The Labute approximate surface area is 124 Å². The standard InChI is InChI=1S/C16H20N4O/c1-11(2)14-17-15(19-18-14)16(21)20-9-8-13(10-20)12-6-4-3-5-7-12/h3-7,11,13H,8-10H2,1-2H3,(H,17,18,19). The quantitative estimate of drug-likeness (QED) is 0.942. The Hall–Kier alpha value is -2.17. The zero-order valence-electron chi connectivity index (χ0n) is 12.4. The van der Waals surface area contributed by atoms with Crippen molar-refractivity contribution >= 4 is 5.91 Å². The van der Waals surface area contributed by atoms with Crippen LogP contribution in [0.15, 0.2) is 30.3 Å². The fourth-order valence-corrected chi connectivity index (χ4v) is 2.71. The smallest absolute Gasteiger partial charge is 0.293 e. The third kappa shape index (κ3) is 2.82. The van der Waals surface area contributed by atoms with Crippen molar-refractivity contribution in [2.24, 2.45) is 0 Å². The first-order valence-electron chi connectivity index (χ1n) is 7.41. The van der Waals surface area contributed by atoms with E-state index in [1.807, 2.05) is 36.9 Å². The summed E-state index contributed by atoms with van der Waals surface area (Å²) < 4.78 is 0. The number of carbonyl (C=O) groups excluding carboxylic acids is 1. The fourth-order valence-electron chi connectivity index (χ4n) is 2.71. The second-order valence-corrected chi connectivity index (χ2v) is 5.85. The van der Waals surface area contributed by atoms with E-state index in [1.165, 1.54) is 5.56 Å². The molecule has 1 aromatic carbocycles. The van der Waals surface area contributed by atoms with Crippen molar-refractivity contribution in [3.8, 4) is 0 Å². The molecule has 0 radical (unpaired) electrons. The number of nitrogens with one attached hydrogen (secondary N) is 1. The van der Waals surface area contributed by atoms with E-state index in [4.69, 9.17) is 0 Å². The van der Waals surface area contributed by atoms with Crippen LogP contribution in [0.25, 0.3) is 0 Å². The highest BCUT2D eigenvalue weighted by molar-refractivity contribution is 5.90. The van der Waals surface area contributed by atoms with Gasteiger partial charge in [0.25, 0.3) is 5.91 Å². The molecule has 1 unspecified atom stereocenters. The van der Waals surface area contributed by atoms with Gasteiger partial charge in [0.1, 0.15) is 5.82 Å². The van der Waals surface area contributed by atoms with Crippen LogP contribution >= 0.6 is 0 Å². The molecule has 2 aromatic rings. The molecule has 1 aliphatic heterocycles. The van der Waals surface area contributed by atoms with Crippen molar-refractivity contribution in [3.05, 3.63) is 47.5 Å². The fraction of sp³-hybridized carbons (Fsp3) is 0.438. The zero-order chi connectivity index (χ0) is 14.8. The average molecular weight is 284 g/mol. The maximum absolute atomic E-state index is 12.4. The lowest BCUT2D eigenvalue weighted by atomic mass is 9.99. The van der Waals surface area contributed by atoms with E-state index in [2.05, 4.69) is 27.3 Å². The van der Waals surface area contributed by atoms with Gasteiger partial charge >= 0.3 is 0 Å². The maximum Gasteiger partial charge on any atom is 0.293 e. The van der Waals surface area contributed by atoms with Crippen molar-refractivity contribution in [2.75, 3.05) is 13.1 Å². The lowest BCUT2D eigenvalue weighted by Crippen LogP contribution is -2.29. The summed E-state index contributed by atoms with van der Waals surface area (Å²) >= 11 is 0. The van der Waals surface area contributed by atoms with Gasteiger partial charge in [-0.1, -0.05) is 44.2 Å². The topological polar surface area (TPSA) is 61.9 Å². The van der Waals surface area contributed by atoms with E-state index in [1.54, 1.807) is 0 Å². The van der Waals surface area contributed by atoms with E-state index in [-0.39, 0.29) is 17.6 Å². The van der Waals surface area contributed by atoms with Crippen LogP contribution in [0.2, 0.25) is 0 Å². The number of amides is 1. The van der Waals surface area contributed by atoms with Gasteiger partial charge in [-0.05, 0) is 12.0 Å². The SMILES string of the molecule is CC(C)c1nc(C(=O)N2CCC(c3ccccc3)C2)n[nH]1. The number of benzene rings is 1. The van der Waals surface area contributed by atoms with Crippen molar-refractivity contribution in [1.82, 2.24) is 20.1 Å². The minimum Gasteiger partial charge on any atom is -0.335 e. The highest BCUT2D eigenvalue weighted by atomic mass is 16.2. The molecule has 1 fully saturated rings. The molecule has 5 nitrogen and oxygen atoms in total. The first-order valence-corrected chi connectivity index (χ1v) is 7.41. The van der Waals surface area contributed by atoms with E-state index in [0.29, 0.717) is 5.92 Å². The van der Waals surface area contributed by atoms with E-state index >= 15 is 0 Å². The first kappa shape index (κ1) is 13.8. The Balaban J connectivity index is 1.69. The summed E-state index contributed by atoms with van der Waals surface area (Å²) in [5.41, 5.74) is 1.30. The number of hydrogen-bond acceptors (Lipinski definition) is 3. The number of aromatic nitrogens is 3. The van der Waals surface area contributed by atoms with Gasteiger partial charge in [-0.2, -0.15) is 0 Å². The Bertz CT molecular complexity index is 620. The second-order valence-electron chi connectivity index (χ2n) is 5.85. The molecule has 21 heavy (non-hydrogen) atoms. The van der Waals surface area contributed by atoms with Crippen LogP contribution in [0.4, 0.5) is 0 Å². The highest BCUT2D eigenvalue weighted by Gasteiger charge is 2.29. The lowest BCUT2D eigenvalue weighted by Gasteiger charge is -2.14. The Morgan fingerprint density at radius 3 is 2.76 bits per heavy atom. The van der Waals surface area contributed by atoms with Crippen LogP contribution in [-0.4, -0.2) is 39.1 Å². The number of H-pyrrole nitrogens is 1. The monoisotopic (exact) mass is 284 g/mol. The first-order chi connectivity index (χ1) is 10.1. The second kappa shape index (κ2) is 5.68. The van der Waals surface area contributed by atoms with Gasteiger partial charge < -0.3 is 4.90 Å². The van der Waals surface area contributed by atoms with Crippen LogP contribution < -0.4 is 0 Å². The average Bonchev–Trinajstić information content (AvgIpc) is 3.17. The summed E-state index contributed by atoms with van der Waals surface area (Å²) in [6, 6.07) is 10.4. The minimum absolute atomic E-state index is 0.0726. The number of nitrogens with zero attached hydrogens (tertiary/aromatic N) is 3. The molecule has 5 heteroatoms. The molecule has 3 rings (SSSR count). The largest absolute Gasteiger partial charge is 0.335 e. The normalized spacial score (nSPS) is 18.4. The maximum atomic E-state index is 12.4. The summed E-state index contributed by atoms with van der Waals surface area (Å²) in [5, 5.41) is 6.90. The van der Waals surface area contributed by atoms with Gasteiger partial charge in [0.15, 0.2) is 0 Å². The van der Waals surface area contributed by atoms with Crippen LogP contribution in [0.1, 0.15) is 54.1 Å². The molecule has 0 bridgehead atoms. The highest BCUT2D eigenvalue weighted by Crippen LogP contribution is 2.27. The van der Waals surface area contributed by atoms with E-state index in [9.17, 15) is 4.79 Å². The van der Waals surface area contributed by atoms with Crippen LogP contribution in [0, 0.1) is 0 Å². The number of aromatic amines is 1. The Morgan fingerprint density at radius 1 is 1.33 bits per heavy atom. The molecule has 1 aromatic heterocycles. The van der Waals surface area contributed by atoms with Crippen molar-refractivity contribution in [2.45, 2.75) is 32.1 Å². The molecule has 1 aliphatic rings. The molecule has 110 valence electrons. The Kier molecular flexibility index (Phi) is 3.73. The van der Waals surface area contributed by atoms with Gasteiger partial charge in [0.05, 0.1) is 0 Å². The molecular formula is C16H20N4O. The molecule has 1 N–H and O–H groups in total. The van der Waals surface area contributed by atoms with Gasteiger partial charge in [-0.25, -0.2) is 4.98 Å². The zero-order valence-corrected chi connectivity index (χ0v) is 12.4. The summed E-state index contributed by atoms with van der Waals surface area (Å²) in [6.45, 7) is 5.56. The Morgan fingerprint density at radius 2 is 2.10 bits per heavy atom. The molecule has 0 spiro atoms. The van der Waals surface area contributed by atoms with Crippen molar-refractivity contribution < 1.29 is 4.79 Å². The third-order valence-corrected chi connectivity index (χ3v) is 3.99. The van der Waals surface area contributed by atoms with Gasteiger partial charge in [-0.15, -0.1) is 5.10 Å². The number of likely N-dealkylation sites (tertiary alicyclic amines) is 1. The van der Waals surface area contributed by atoms with Crippen LogP contribution in [0.5, 0.6) is 0 Å². The van der Waals surface area contributed by atoms with Crippen LogP contribution in [-0.2, 0) is 0 Å². The van der Waals surface area contributed by atoms with Gasteiger partial charge in [0.2, 0.25) is 5.82 Å². The number of hydrogen-bond donors (Lipinski definition) is 1. The van der Waals surface area contributed by atoms with E-state index < -0.39 is 0 Å². The minimum atomic E-state index is -0.0726. The molecular weight excluding hydrogens is 264 g/mol. The number of carbonyl (C=O) groups is 1. The lowest BCUT2D eigenvalue weighted by molar-refractivity contribution is 0.0779. The van der Waals surface area contributed by atoms with Gasteiger partial charge in [0, 0.05) is 24.9 Å². The van der Waals surface area contributed by atoms with Crippen molar-refractivity contribution in [1.29, 1.82) is 0 Å². The molecule has 1 amide bonds. The van der Waals surface area contributed by atoms with Crippen molar-refractivity contribution in [3.63, 3.8) is 0 Å². The molecule has 0 saturated carbocycles. The molecule has 0 aliphatic carbocycles. The molecule has 1 saturated heterocycles. The summed E-state index contributed by atoms with van der Waals surface area (Å²) in [6.07, 6.45) is 0.997. The summed E-state index contributed by atoms with van der Waals surface area (Å²) in [7, 11) is 0. The number of rotatable bonds is 3. The molecule has 2 heterocycles. The van der Waals surface area contributed by atoms with E-state index in [0.717, 1.165) is 25.3 Å². The predicted octanol–water partition coefficient (Wildman–Crippen LogP) is 2.56. The van der Waals surface area contributed by atoms with Gasteiger partial charge in [-0.3, -0.25) is 9.89 Å².